The number of carbonyl (C=O) groups is 1. The van der Waals surface area contributed by atoms with Crippen LogP contribution in [0.15, 0.2) is 18.2 Å². The first-order valence-electron chi connectivity index (χ1n) is 7.82. The van der Waals surface area contributed by atoms with E-state index < -0.39 is 0 Å². The number of hydrogen-bond acceptors (Lipinski definition) is 4. The second-order valence-electron chi connectivity index (χ2n) is 5.92. The topological polar surface area (TPSA) is 50.8 Å². The van der Waals surface area contributed by atoms with Gasteiger partial charge >= 0.3 is 0 Å². The molecule has 0 radical (unpaired) electrons. The molecular weight excluding hydrogens is 280 g/mol. The van der Waals surface area contributed by atoms with Gasteiger partial charge in [0.05, 0.1) is 19.8 Å². The number of rotatable bonds is 5. The molecule has 0 bridgehead atoms. The summed E-state index contributed by atoms with van der Waals surface area (Å²) in [7, 11) is 3.12. The molecule has 1 N–H and O–H groups in total. The molecule has 2 rings (SSSR count). The molecule has 0 spiro atoms. The van der Waals surface area contributed by atoms with Crippen LogP contribution in [0.25, 0.3) is 0 Å². The van der Waals surface area contributed by atoms with Crippen molar-refractivity contribution in [2.24, 2.45) is 0 Å². The van der Waals surface area contributed by atoms with Gasteiger partial charge in [0.2, 0.25) is 0 Å². The van der Waals surface area contributed by atoms with Gasteiger partial charge in [-0.1, -0.05) is 6.07 Å². The van der Waals surface area contributed by atoms with E-state index in [-0.39, 0.29) is 11.9 Å². The van der Waals surface area contributed by atoms with Crippen LogP contribution in [0.1, 0.15) is 37.0 Å². The van der Waals surface area contributed by atoms with E-state index in [1.165, 1.54) is 0 Å². The summed E-state index contributed by atoms with van der Waals surface area (Å²) in [6, 6.07) is 6.14. The number of hydrogen-bond donors (Lipinski definition) is 1. The number of benzene rings is 1. The molecule has 5 heteroatoms. The molecular formula is C17H26N2O3. The lowest BCUT2D eigenvalue weighted by molar-refractivity contribution is 0.0897. The number of amides is 1. The van der Waals surface area contributed by atoms with Gasteiger partial charge in [-0.25, -0.2) is 0 Å². The smallest absolute Gasteiger partial charge is 0.255 e. The fourth-order valence-electron chi connectivity index (χ4n) is 2.89. The third kappa shape index (κ3) is 3.71. The fraction of sp³-hybridized carbons (Fsp3) is 0.588. The predicted molar refractivity (Wildman–Crippen MR) is 86.7 cm³/mol. The average molecular weight is 306 g/mol. The Labute approximate surface area is 132 Å². The molecule has 1 fully saturated rings. The fourth-order valence-corrected chi connectivity index (χ4v) is 2.89. The zero-order valence-corrected chi connectivity index (χ0v) is 13.9. The van der Waals surface area contributed by atoms with Crippen molar-refractivity contribution in [2.75, 3.05) is 27.3 Å². The van der Waals surface area contributed by atoms with Crippen molar-refractivity contribution in [3.8, 4) is 11.5 Å². The minimum absolute atomic E-state index is 0.0984. The molecule has 1 aromatic rings. The lowest BCUT2D eigenvalue weighted by Crippen LogP contribution is -2.46. The van der Waals surface area contributed by atoms with E-state index in [1.54, 1.807) is 32.4 Å². The van der Waals surface area contributed by atoms with Gasteiger partial charge < -0.3 is 19.7 Å². The number of ether oxygens (including phenoxy) is 2. The van der Waals surface area contributed by atoms with Gasteiger partial charge in [0.15, 0.2) is 11.5 Å². The predicted octanol–water partition coefficient (Wildman–Crippen LogP) is 2.31. The molecule has 0 atom stereocenters. The standard InChI is InChI=1S/C17H26N2O3/c1-12(2)19-10-8-13(9-11-19)18-17(20)14-6-5-7-15(21-3)16(14)22-4/h5-7,12-13H,8-11H2,1-4H3,(H,18,20). The van der Waals surface area contributed by atoms with Crippen LogP contribution < -0.4 is 14.8 Å². The van der Waals surface area contributed by atoms with Crippen molar-refractivity contribution < 1.29 is 14.3 Å². The van der Waals surface area contributed by atoms with Crippen molar-refractivity contribution in [3.63, 3.8) is 0 Å². The van der Waals surface area contributed by atoms with Gasteiger partial charge in [0, 0.05) is 25.2 Å². The van der Waals surface area contributed by atoms with Crippen LogP contribution in [-0.2, 0) is 0 Å². The number of piperidine rings is 1. The number of methoxy groups -OCH3 is 2. The summed E-state index contributed by atoms with van der Waals surface area (Å²) in [6.07, 6.45) is 1.96. The molecule has 1 saturated heterocycles. The van der Waals surface area contributed by atoms with Crippen LogP contribution in [0.4, 0.5) is 0 Å². The summed E-state index contributed by atoms with van der Waals surface area (Å²) < 4.78 is 10.6. The van der Waals surface area contributed by atoms with E-state index in [0.29, 0.717) is 23.1 Å². The molecule has 1 aliphatic rings. The van der Waals surface area contributed by atoms with E-state index >= 15 is 0 Å². The molecule has 22 heavy (non-hydrogen) atoms. The third-order valence-corrected chi connectivity index (χ3v) is 4.24. The summed E-state index contributed by atoms with van der Waals surface area (Å²) in [4.78, 5) is 15.0. The highest BCUT2D eigenvalue weighted by Gasteiger charge is 2.24. The maximum atomic E-state index is 12.5. The molecule has 0 saturated carbocycles. The van der Waals surface area contributed by atoms with Crippen LogP contribution in [0, 0.1) is 0 Å². The largest absolute Gasteiger partial charge is 0.493 e. The Morgan fingerprint density at radius 2 is 1.91 bits per heavy atom. The highest BCUT2D eigenvalue weighted by Crippen LogP contribution is 2.30. The Kier molecular flexibility index (Phi) is 5.66. The Bertz CT molecular complexity index is 509. The monoisotopic (exact) mass is 306 g/mol. The quantitative estimate of drug-likeness (QED) is 0.907. The first-order valence-corrected chi connectivity index (χ1v) is 7.82. The number of nitrogens with one attached hydrogen (secondary N) is 1. The third-order valence-electron chi connectivity index (χ3n) is 4.24. The summed E-state index contributed by atoms with van der Waals surface area (Å²) >= 11 is 0. The van der Waals surface area contributed by atoms with Gasteiger partial charge in [-0.15, -0.1) is 0 Å². The minimum Gasteiger partial charge on any atom is -0.493 e. The van der Waals surface area contributed by atoms with Gasteiger partial charge in [-0.3, -0.25) is 4.79 Å². The van der Waals surface area contributed by atoms with Crippen molar-refractivity contribution in [3.05, 3.63) is 23.8 Å². The van der Waals surface area contributed by atoms with Gasteiger partial charge in [-0.2, -0.15) is 0 Å². The first-order chi connectivity index (χ1) is 10.6. The number of likely N-dealkylation sites (tertiary alicyclic amines) is 1. The summed E-state index contributed by atoms with van der Waals surface area (Å²) in [5, 5.41) is 3.12. The second kappa shape index (κ2) is 7.49. The number of nitrogens with zero attached hydrogens (tertiary/aromatic N) is 1. The maximum Gasteiger partial charge on any atom is 0.255 e. The molecule has 0 unspecified atom stereocenters. The van der Waals surface area contributed by atoms with E-state index in [1.807, 2.05) is 0 Å². The van der Waals surface area contributed by atoms with E-state index in [0.717, 1.165) is 25.9 Å². The molecule has 1 aliphatic heterocycles. The molecule has 0 aliphatic carbocycles. The van der Waals surface area contributed by atoms with Gasteiger partial charge in [0.25, 0.3) is 5.91 Å². The van der Waals surface area contributed by atoms with Crippen molar-refractivity contribution >= 4 is 5.91 Å². The highest BCUT2D eigenvalue weighted by atomic mass is 16.5. The Morgan fingerprint density at radius 3 is 2.45 bits per heavy atom. The van der Waals surface area contributed by atoms with Gasteiger partial charge in [-0.05, 0) is 38.8 Å². The Balaban J connectivity index is 2.02. The van der Waals surface area contributed by atoms with Crippen molar-refractivity contribution in [2.45, 2.75) is 38.8 Å². The SMILES string of the molecule is COc1cccc(C(=O)NC2CCN(C(C)C)CC2)c1OC. The molecule has 5 nitrogen and oxygen atoms in total. The van der Waals surface area contributed by atoms with Crippen molar-refractivity contribution in [1.29, 1.82) is 0 Å². The Hall–Kier alpha value is -1.75. The zero-order chi connectivity index (χ0) is 16.1. The lowest BCUT2D eigenvalue weighted by Gasteiger charge is -2.34. The molecule has 1 amide bonds. The number of para-hydroxylation sites is 1. The lowest BCUT2D eigenvalue weighted by atomic mass is 10.0. The molecule has 0 aromatic heterocycles. The normalized spacial score (nSPS) is 16.6. The maximum absolute atomic E-state index is 12.5. The molecule has 122 valence electrons. The molecule has 1 heterocycles. The Morgan fingerprint density at radius 1 is 1.23 bits per heavy atom. The summed E-state index contributed by atoms with van der Waals surface area (Å²) in [5.74, 6) is 0.964. The summed E-state index contributed by atoms with van der Waals surface area (Å²) in [6.45, 7) is 6.47. The van der Waals surface area contributed by atoms with Crippen LogP contribution in [0.5, 0.6) is 11.5 Å². The van der Waals surface area contributed by atoms with E-state index in [2.05, 4.69) is 24.1 Å². The van der Waals surface area contributed by atoms with E-state index in [4.69, 9.17) is 9.47 Å². The van der Waals surface area contributed by atoms with Crippen LogP contribution in [-0.4, -0.2) is 50.2 Å². The minimum atomic E-state index is -0.0984. The molecule has 1 aromatic carbocycles. The van der Waals surface area contributed by atoms with Crippen LogP contribution >= 0.6 is 0 Å². The second-order valence-corrected chi connectivity index (χ2v) is 5.92. The van der Waals surface area contributed by atoms with Crippen LogP contribution in [0.3, 0.4) is 0 Å². The van der Waals surface area contributed by atoms with Crippen molar-refractivity contribution in [1.82, 2.24) is 10.2 Å². The van der Waals surface area contributed by atoms with E-state index in [9.17, 15) is 4.79 Å². The zero-order valence-electron chi connectivity index (χ0n) is 13.9. The summed E-state index contributed by atoms with van der Waals surface area (Å²) in [5.41, 5.74) is 0.521. The first kappa shape index (κ1) is 16.6. The number of carbonyl (C=O) groups excluding carboxylic acids is 1. The van der Waals surface area contributed by atoms with Gasteiger partial charge in [0.1, 0.15) is 0 Å². The highest BCUT2D eigenvalue weighted by molar-refractivity contribution is 5.98. The average Bonchev–Trinajstić information content (AvgIpc) is 2.54. The van der Waals surface area contributed by atoms with Crippen LogP contribution in [0.2, 0.25) is 0 Å².